The van der Waals surface area contributed by atoms with E-state index >= 15 is 0 Å². The van der Waals surface area contributed by atoms with Crippen LogP contribution in [-0.4, -0.2) is 32.8 Å². The lowest BCUT2D eigenvalue weighted by Gasteiger charge is -2.29. The first-order valence-electron chi connectivity index (χ1n) is 7.87. The zero-order chi connectivity index (χ0) is 17.1. The number of methoxy groups -OCH3 is 2. The van der Waals surface area contributed by atoms with Crippen LogP contribution in [0.5, 0.6) is 11.5 Å². The summed E-state index contributed by atoms with van der Waals surface area (Å²) in [4.78, 5) is 14.0. The number of fused-ring (bicyclic) bond motifs is 1. The third-order valence-corrected chi connectivity index (χ3v) is 4.24. The lowest BCUT2D eigenvalue weighted by atomic mass is 10.1. The fraction of sp³-hybridized carbons (Fsp3) is 0.316. The largest absolute Gasteiger partial charge is 0.495 e. The summed E-state index contributed by atoms with van der Waals surface area (Å²) in [6.45, 7) is 3.31. The van der Waals surface area contributed by atoms with Crippen LogP contribution in [0.15, 0.2) is 42.5 Å². The maximum absolute atomic E-state index is 11.7. The molecule has 0 saturated carbocycles. The highest BCUT2D eigenvalue weighted by molar-refractivity contribution is 7.59. The summed E-state index contributed by atoms with van der Waals surface area (Å²) in [5, 5.41) is 0. The van der Waals surface area contributed by atoms with Gasteiger partial charge in [-0.25, -0.2) is 4.79 Å². The molecule has 25 heavy (non-hydrogen) atoms. The Morgan fingerprint density at radius 1 is 1.20 bits per heavy atom. The molecule has 0 aromatic heterocycles. The molecule has 3 rings (SSSR count). The molecule has 1 heterocycles. The SMILES string of the molecule is COC(=O)c1ccc2c(c1)OC[C@H](C)N(c1ccccc1OC)C2.S. The van der Waals surface area contributed by atoms with E-state index in [1.54, 1.807) is 19.2 Å². The van der Waals surface area contributed by atoms with Crippen LogP contribution in [0, 0.1) is 0 Å². The van der Waals surface area contributed by atoms with Crippen molar-refractivity contribution in [2.45, 2.75) is 19.5 Å². The second-order valence-electron chi connectivity index (χ2n) is 5.77. The van der Waals surface area contributed by atoms with E-state index in [4.69, 9.17) is 14.2 Å². The van der Waals surface area contributed by atoms with E-state index in [-0.39, 0.29) is 25.5 Å². The molecule has 1 aliphatic rings. The number of hydrogen-bond donors (Lipinski definition) is 0. The maximum Gasteiger partial charge on any atom is 0.337 e. The summed E-state index contributed by atoms with van der Waals surface area (Å²) in [6, 6.07) is 13.6. The van der Waals surface area contributed by atoms with Gasteiger partial charge in [0.05, 0.1) is 31.5 Å². The second-order valence-corrected chi connectivity index (χ2v) is 5.77. The van der Waals surface area contributed by atoms with Crippen LogP contribution in [0.2, 0.25) is 0 Å². The summed E-state index contributed by atoms with van der Waals surface area (Å²) in [5.41, 5.74) is 2.55. The fourth-order valence-electron chi connectivity index (χ4n) is 2.89. The van der Waals surface area contributed by atoms with Crippen LogP contribution in [0.25, 0.3) is 0 Å². The smallest absolute Gasteiger partial charge is 0.337 e. The van der Waals surface area contributed by atoms with E-state index in [9.17, 15) is 4.79 Å². The highest BCUT2D eigenvalue weighted by atomic mass is 32.1. The number of benzene rings is 2. The van der Waals surface area contributed by atoms with E-state index < -0.39 is 0 Å². The molecule has 0 radical (unpaired) electrons. The molecule has 2 aromatic rings. The van der Waals surface area contributed by atoms with Crippen molar-refractivity contribution < 1.29 is 19.0 Å². The molecule has 0 spiro atoms. The molecule has 1 aliphatic heterocycles. The molecule has 0 unspecified atom stereocenters. The zero-order valence-corrected chi connectivity index (χ0v) is 15.6. The molecule has 0 N–H and O–H groups in total. The number of nitrogens with zero attached hydrogens (tertiary/aromatic N) is 1. The first-order valence-corrected chi connectivity index (χ1v) is 7.87. The summed E-state index contributed by atoms with van der Waals surface area (Å²) in [7, 11) is 3.05. The molecular weight excluding hydrogens is 338 g/mol. The molecule has 1 atom stereocenters. The van der Waals surface area contributed by atoms with Crippen LogP contribution in [-0.2, 0) is 11.3 Å². The van der Waals surface area contributed by atoms with Gasteiger partial charge in [0.25, 0.3) is 0 Å². The van der Waals surface area contributed by atoms with Gasteiger partial charge in [0.15, 0.2) is 0 Å². The number of carbonyl (C=O) groups is 1. The van der Waals surface area contributed by atoms with Gasteiger partial charge in [-0.1, -0.05) is 18.2 Å². The van der Waals surface area contributed by atoms with Crippen LogP contribution in [0.3, 0.4) is 0 Å². The van der Waals surface area contributed by atoms with Crippen LogP contribution in [0.1, 0.15) is 22.8 Å². The van der Waals surface area contributed by atoms with Crippen molar-refractivity contribution in [3.63, 3.8) is 0 Å². The highest BCUT2D eigenvalue weighted by Crippen LogP contribution is 2.34. The van der Waals surface area contributed by atoms with Crippen molar-refractivity contribution >= 4 is 25.2 Å². The molecule has 6 heteroatoms. The van der Waals surface area contributed by atoms with Gasteiger partial charge in [-0.15, -0.1) is 0 Å². The van der Waals surface area contributed by atoms with Gasteiger partial charge in [0, 0.05) is 12.1 Å². The Labute approximate surface area is 154 Å². The number of hydrogen-bond acceptors (Lipinski definition) is 5. The minimum Gasteiger partial charge on any atom is -0.495 e. The molecule has 2 aromatic carbocycles. The first kappa shape index (κ1) is 19.0. The average Bonchev–Trinajstić information content (AvgIpc) is 2.79. The lowest BCUT2D eigenvalue weighted by molar-refractivity contribution is 0.0600. The molecule has 0 saturated heterocycles. The number of carbonyl (C=O) groups excluding carboxylic acids is 1. The minimum absolute atomic E-state index is 0. The summed E-state index contributed by atoms with van der Waals surface area (Å²) >= 11 is 0. The van der Waals surface area contributed by atoms with Crippen molar-refractivity contribution in [2.75, 3.05) is 25.7 Å². The highest BCUT2D eigenvalue weighted by Gasteiger charge is 2.24. The molecule has 0 fully saturated rings. The minimum atomic E-state index is -0.361. The number of para-hydroxylation sites is 2. The lowest BCUT2D eigenvalue weighted by Crippen LogP contribution is -2.35. The van der Waals surface area contributed by atoms with Gasteiger partial charge in [0.2, 0.25) is 0 Å². The second kappa shape index (κ2) is 8.16. The molecular formula is C19H23NO4S. The Morgan fingerprint density at radius 2 is 1.96 bits per heavy atom. The fourth-order valence-corrected chi connectivity index (χ4v) is 2.89. The average molecular weight is 361 g/mol. The van der Waals surface area contributed by atoms with Crippen molar-refractivity contribution in [3.05, 3.63) is 53.6 Å². The van der Waals surface area contributed by atoms with Crippen LogP contribution < -0.4 is 14.4 Å². The van der Waals surface area contributed by atoms with Crippen molar-refractivity contribution in [1.29, 1.82) is 0 Å². The Morgan fingerprint density at radius 3 is 2.68 bits per heavy atom. The Balaban J connectivity index is 0.00000225. The Bertz CT molecular complexity index is 750. The van der Waals surface area contributed by atoms with Gasteiger partial charge >= 0.3 is 5.97 Å². The van der Waals surface area contributed by atoms with Gasteiger partial charge in [-0.2, -0.15) is 13.5 Å². The van der Waals surface area contributed by atoms with Crippen molar-refractivity contribution in [3.8, 4) is 11.5 Å². The molecule has 0 amide bonds. The summed E-state index contributed by atoms with van der Waals surface area (Å²) in [6.07, 6.45) is 0. The predicted molar refractivity (Wildman–Crippen MR) is 102 cm³/mol. The molecule has 0 aliphatic carbocycles. The number of ether oxygens (including phenoxy) is 3. The molecule has 5 nitrogen and oxygen atoms in total. The number of esters is 1. The monoisotopic (exact) mass is 361 g/mol. The van der Waals surface area contributed by atoms with E-state index in [1.807, 2.05) is 30.3 Å². The topological polar surface area (TPSA) is 48.0 Å². The zero-order valence-electron chi connectivity index (χ0n) is 14.6. The maximum atomic E-state index is 11.7. The third-order valence-electron chi connectivity index (χ3n) is 4.24. The quantitative estimate of drug-likeness (QED) is 0.785. The van der Waals surface area contributed by atoms with E-state index in [0.717, 1.165) is 22.7 Å². The molecule has 0 bridgehead atoms. The van der Waals surface area contributed by atoms with E-state index in [0.29, 0.717) is 18.7 Å². The van der Waals surface area contributed by atoms with E-state index in [1.165, 1.54) is 7.11 Å². The summed E-state index contributed by atoms with van der Waals surface area (Å²) < 4.78 is 16.2. The Hall–Kier alpha value is -2.34. The van der Waals surface area contributed by atoms with Crippen LogP contribution >= 0.6 is 13.5 Å². The van der Waals surface area contributed by atoms with Crippen molar-refractivity contribution in [2.24, 2.45) is 0 Å². The van der Waals surface area contributed by atoms with Gasteiger partial charge in [0.1, 0.15) is 18.1 Å². The first-order chi connectivity index (χ1) is 11.6. The predicted octanol–water partition coefficient (Wildman–Crippen LogP) is 3.38. The Kier molecular flexibility index (Phi) is 6.20. The number of anilines is 1. The normalized spacial score (nSPS) is 16.0. The van der Waals surface area contributed by atoms with E-state index in [2.05, 4.69) is 11.8 Å². The summed E-state index contributed by atoms with van der Waals surface area (Å²) in [5.74, 6) is 1.20. The number of rotatable bonds is 3. The van der Waals surface area contributed by atoms with Gasteiger partial charge < -0.3 is 19.1 Å². The third kappa shape index (κ3) is 3.85. The van der Waals surface area contributed by atoms with Crippen LogP contribution in [0.4, 0.5) is 5.69 Å². The van der Waals surface area contributed by atoms with Crippen molar-refractivity contribution in [1.82, 2.24) is 0 Å². The van der Waals surface area contributed by atoms with Gasteiger partial charge in [-0.05, 0) is 31.2 Å². The van der Waals surface area contributed by atoms with Gasteiger partial charge in [-0.3, -0.25) is 0 Å². The standard InChI is InChI=1S/C19H21NO4.H2S/c1-13-12-24-18-10-14(19(21)23-3)8-9-15(18)11-20(13)16-6-4-5-7-17(16)22-2;/h4-10,13H,11-12H2,1-3H3;1H2/t13-;/m0./s1. The molecule has 134 valence electrons.